The van der Waals surface area contributed by atoms with E-state index in [4.69, 9.17) is 0 Å². The van der Waals surface area contributed by atoms with Gasteiger partial charge in [0.2, 0.25) is 5.69 Å². The van der Waals surface area contributed by atoms with Gasteiger partial charge in [0, 0.05) is 25.3 Å². The summed E-state index contributed by atoms with van der Waals surface area (Å²) in [6.07, 6.45) is 2.06. The van der Waals surface area contributed by atoms with E-state index < -0.39 is 5.66 Å². The number of hydrogen-bond acceptors (Lipinski definition) is 2. The van der Waals surface area contributed by atoms with Gasteiger partial charge in [0.1, 0.15) is 5.70 Å². The smallest absolute Gasteiger partial charge is 0.271 e. The average molecular weight is 290 g/mol. The zero-order valence-corrected chi connectivity index (χ0v) is 12.5. The fourth-order valence-electron chi connectivity index (χ4n) is 3.38. The standard InChI is InChI=1S/C18H16N3O/c1-13-12-18(21(19-13)14-8-4-3-5-9-14)16-11-7-6-10-15(16)17(22)20(18)2/h3-12H,1-2H3/q+1. The SMILES string of the molecule is CC1=CC2(c3ccccc3C(=O)N2C)[N+](c2ccccc2)=N1. The molecule has 4 heteroatoms. The molecule has 1 atom stereocenters. The normalized spacial score (nSPS) is 22.8. The molecular formula is C18H16N3O+. The number of rotatable bonds is 1. The van der Waals surface area contributed by atoms with Gasteiger partial charge in [0.25, 0.3) is 5.91 Å². The van der Waals surface area contributed by atoms with Crippen LogP contribution in [-0.4, -0.2) is 22.6 Å². The molecule has 22 heavy (non-hydrogen) atoms. The molecule has 2 aliphatic rings. The molecule has 0 saturated heterocycles. The maximum atomic E-state index is 12.7. The van der Waals surface area contributed by atoms with Gasteiger partial charge in [-0.2, -0.15) is 0 Å². The number of amides is 1. The highest BCUT2D eigenvalue weighted by atomic mass is 16.2. The largest absolute Gasteiger partial charge is 0.320 e. The summed E-state index contributed by atoms with van der Waals surface area (Å²) in [6.45, 7) is 1.96. The Morgan fingerprint density at radius 1 is 1.05 bits per heavy atom. The molecule has 2 aromatic rings. The summed E-state index contributed by atoms with van der Waals surface area (Å²) in [5.41, 5.74) is 2.92. The number of benzene rings is 2. The van der Waals surface area contributed by atoms with E-state index in [-0.39, 0.29) is 5.91 Å². The van der Waals surface area contributed by atoms with Gasteiger partial charge < -0.3 is 0 Å². The van der Waals surface area contributed by atoms with Gasteiger partial charge >= 0.3 is 5.66 Å². The third-order valence-corrected chi connectivity index (χ3v) is 4.36. The molecule has 1 spiro atoms. The van der Waals surface area contributed by atoms with Gasteiger partial charge in [-0.3, -0.25) is 9.69 Å². The van der Waals surface area contributed by atoms with Gasteiger partial charge in [0.05, 0.1) is 11.1 Å². The van der Waals surface area contributed by atoms with Gasteiger partial charge in [-0.15, -0.1) is 0 Å². The fourth-order valence-corrected chi connectivity index (χ4v) is 3.38. The number of para-hydroxylation sites is 1. The lowest BCUT2D eigenvalue weighted by Crippen LogP contribution is -2.45. The molecule has 2 aromatic carbocycles. The Labute approximate surface area is 129 Å². The van der Waals surface area contributed by atoms with E-state index in [2.05, 4.69) is 11.2 Å². The van der Waals surface area contributed by atoms with Crippen molar-refractivity contribution in [1.29, 1.82) is 0 Å². The van der Waals surface area contributed by atoms with Crippen molar-refractivity contribution in [3.05, 3.63) is 77.5 Å². The summed E-state index contributed by atoms with van der Waals surface area (Å²) in [5.74, 6) is 0.0256. The van der Waals surface area contributed by atoms with E-state index in [1.807, 2.05) is 73.3 Å². The average Bonchev–Trinajstić information content (AvgIpc) is 3.01. The highest BCUT2D eigenvalue weighted by molar-refractivity contribution is 6.00. The van der Waals surface area contributed by atoms with E-state index in [0.29, 0.717) is 0 Å². The van der Waals surface area contributed by atoms with Crippen LogP contribution in [0.1, 0.15) is 22.8 Å². The second-order valence-corrected chi connectivity index (χ2v) is 5.67. The fraction of sp³-hybridized carbons (Fsp3) is 0.167. The Hall–Kier alpha value is -2.75. The summed E-state index contributed by atoms with van der Waals surface area (Å²) >= 11 is 0. The lowest BCUT2D eigenvalue weighted by molar-refractivity contribution is -0.604. The van der Waals surface area contributed by atoms with Crippen LogP contribution in [0.2, 0.25) is 0 Å². The molecule has 2 heterocycles. The van der Waals surface area contributed by atoms with Crippen molar-refractivity contribution in [3.8, 4) is 0 Å². The summed E-state index contributed by atoms with van der Waals surface area (Å²) < 4.78 is 1.94. The van der Waals surface area contributed by atoms with E-state index in [9.17, 15) is 4.79 Å². The molecular weight excluding hydrogens is 274 g/mol. The monoisotopic (exact) mass is 290 g/mol. The maximum Gasteiger partial charge on any atom is 0.320 e. The van der Waals surface area contributed by atoms with Crippen molar-refractivity contribution in [2.75, 3.05) is 7.05 Å². The van der Waals surface area contributed by atoms with Crippen molar-refractivity contribution in [1.82, 2.24) is 4.90 Å². The van der Waals surface area contributed by atoms with Crippen molar-refractivity contribution in [2.45, 2.75) is 12.6 Å². The van der Waals surface area contributed by atoms with E-state index >= 15 is 0 Å². The minimum absolute atomic E-state index is 0.0256. The maximum absolute atomic E-state index is 12.7. The van der Waals surface area contributed by atoms with Crippen molar-refractivity contribution in [3.63, 3.8) is 0 Å². The Bertz CT molecular complexity index is 838. The molecule has 0 bridgehead atoms. The number of carbonyl (C=O) groups excluding carboxylic acids is 1. The van der Waals surface area contributed by atoms with E-state index in [0.717, 1.165) is 22.5 Å². The predicted molar refractivity (Wildman–Crippen MR) is 82.8 cm³/mol. The summed E-state index contributed by atoms with van der Waals surface area (Å²) in [4.78, 5) is 14.4. The first-order chi connectivity index (χ1) is 10.6. The van der Waals surface area contributed by atoms with Crippen molar-refractivity contribution < 1.29 is 9.49 Å². The van der Waals surface area contributed by atoms with Crippen LogP contribution in [0, 0.1) is 0 Å². The van der Waals surface area contributed by atoms with Crippen LogP contribution in [0.4, 0.5) is 5.69 Å². The van der Waals surface area contributed by atoms with Crippen LogP contribution < -0.4 is 0 Å². The van der Waals surface area contributed by atoms with Gasteiger partial charge in [-0.05, 0) is 24.2 Å². The number of hydrogen-bond donors (Lipinski definition) is 0. The first kappa shape index (κ1) is 13.0. The van der Waals surface area contributed by atoms with Crippen LogP contribution in [0.25, 0.3) is 0 Å². The lowest BCUT2D eigenvalue weighted by Gasteiger charge is -2.25. The second kappa shape index (κ2) is 4.37. The van der Waals surface area contributed by atoms with Crippen LogP contribution >= 0.6 is 0 Å². The number of carbonyl (C=O) groups is 1. The van der Waals surface area contributed by atoms with Gasteiger partial charge in [0.15, 0.2) is 0 Å². The third kappa shape index (κ3) is 1.49. The molecule has 0 radical (unpaired) electrons. The minimum atomic E-state index is -0.668. The first-order valence-electron chi connectivity index (χ1n) is 7.28. The summed E-state index contributed by atoms with van der Waals surface area (Å²) in [5, 5.41) is 4.68. The topological polar surface area (TPSA) is 35.7 Å². The molecule has 0 aliphatic carbocycles. The molecule has 2 aliphatic heterocycles. The van der Waals surface area contributed by atoms with Crippen LogP contribution in [0.3, 0.4) is 0 Å². The van der Waals surface area contributed by atoms with Crippen LogP contribution in [0.15, 0.2) is 71.5 Å². The number of fused-ring (bicyclic) bond motifs is 2. The second-order valence-electron chi connectivity index (χ2n) is 5.67. The quantitative estimate of drug-likeness (QED) is 0.739. The molecule has 0 N–H and O–H groups in total. The van der Waals surface area contributed by atoms with E-state index in [1.54, 1.807) is 4.90 Å². The Kier molecular flexibility index (Phi) is 2.57. The molecule has 1 amide bonds. The first-order valence-corrected chi connectivity index (χ1v) is 7.28. The van der Waals surface area contributed by atoms with Crippen LogP contribution in [-0.2, 0) is 5.66 Å². The zero-order chi connectivity index (χ0) is 15.3. The molecule has 4 nitrogen and oxygen atoms in total. The Morgan fingerprint density at radius 2 is 1.73 bits per heavy atom. The minimum Gasteiger partial charge on any atom is -0.271 e. The van der Waals surface area contributed by atoms with Gasteiger partial charge in [-0.25, -0.2) is 0 Å². The molecule has 0 saturated carbocycles. The number of nitrogens with zero attached hydrogens (tertiary/aromatic N) is 3. The van der Waals surface area contributed by atoms with Crippen molar-refractivity contribution in [2.24, 2.45) is 5.11 Å². The summed E-state index contributed by atoms with van der Waals surface area (Å²) in [6, 6.07) is 17.7. The highest BCUT2D eigenvalue weighted by Crippen LogP contribution is 2.46. The molecule has 1 unspecified atom stereocenters. The third-order valence-electron chi connectivity index (χ3n) is 4.36. The molecule has 4 rings (SSSR count). The zero-order valence-electron chi connectivity index (χ0n) is 12.5. The summed E-state index contributed by atoms with van der Waals surface area (Å²) in [7, 11) is 1.84. The van der Waals surface area contributed by atoms with Crippen LogP contribution in [0.5, 0.6) is 0 Å². The number of azo groups is 2. The lowest BCUT2D eigenvalue weighted by atomic mass is 9.97. The molecule has 108 valence electrons. The number of allylic oxidation sites excluding steroid dienone is 1. The number of likely N-dealkylation sites (N-methyl/N-ethyl adjacent to an activating group) is 1. The Morgan fingerprint density at radius 3 is 2.50 bits per heavy atom. The van der Waals surface area contributed by atoms with Gasteiger partial charge in [-0.1, -0.05) is 35.0 Å². The van der Waals surface area contributed by atoms with Crippen molar-refractivity contribution >= 4 is 11.6 Å². The molecule has 0 fully saturated rings. The Balaban J connectivity index is 2.01. The highest BCUT2D eigenvalue weighted by Gasteiger charge is 2.59. The molecule has 0 aromatic heterocycles. The van der Waals surface area contributed by atoms with E-state index in [1.165, 1.54) is 0 Å². The predicted octanol–water partition coefficient (Wildman–Crippen LogP) is 3.64.